The first-order chi connectivity index (χ1) is 9.20. The van der Waals surface area contributed by atoms with Gasteiger partial charge in [0, 0.05) is 17.7 Å². The van der Waals surface area contributed by atoms with Gasteiger partial charge in [0.2, 0.25) is 0 Å². The molecule has 19 heavy (non-hydrogen) atoms. The molecule has 3 N–H and O–H groups in total. The normalized spacial score (nSPS) is 21.6. The molecule has 0 saturated carbocycles. The summed E-state index contributed by atoms with van der Waals surface area (Å²) in [6.07, 6.45) is 0.950. The van der Waals surface area contributed by atoms with Gasteiger partial charge in [-0.2, -0.15) is 0 Å². The highest BCUT2D eigenvalue weighted by Crippen LogP contribution is 2.13. The van der Waals surface area contributed by atoms with Crippen LogP contribution in [0.5, 0.6) is 0 Å². The molecule has 0 bridgehead atoms. The molecular formula is C15H18N2O2. The second-order valence-corrected chi connectivity index (χ2v) is 4.53. The second kappa shape index (κ2) is 6.37. The maximum absolute atomic E-state index is 12.0. The summed E-state index contributed by atoms with van der Waals surface area (Å²) in [5.74, 6) is 5.63. The number of ether oxygens (including phenoxy) is 1. The van der Waals surface area contributed by atoms with Crippen molar-refractivity contribution in [2.75, 3.05) is 13.2 Å². The number of benzene rings is 1. The quantitative estimate of drug-likeness (QED) is 0.775. The van der Waals surface area contributed by atoms with Gasteiger partial charge in [-0.3, -0.25) is 4.79 Å². The van der Waals surface area contributed by atoms with Crippen LogP contribution in [0.15, 0.2) is 24.3 Å². The Morgan fingerprint density at radius 3 is 2.79 bits per heavy atom. The summed E-state index contributed by atoms with van der Waals surface area (Å²) in [5, 5.41) is 2.99. The molecule has 1 fully saturated rings. The van der Waals surface area contributed by atoms with Crippen molar-refractivity contribution in [1.82, 2.24) is 5.32 Å². The highest BCUT2D eigenvalue weighted by atomic mass is 16.5. The molecular weight excluding hydrogens is 240 g/mol. The lowest BCUT2D eigenvalue weighted by Crippen LogP contribution is -2.39. The fraction of sp³-hybridized carbons (Fsp3) is 0.400. The zero-order valence-electron chi connectivity index (χ0n) is 11.0. The zero-order chi connectivity index (χ0) is 13.7. The molecule has 1 aromatic rings. The standard InChI is InChI=1S/C15H18N2O2/c1-11-14(8-10-19-11)17-15(18)13-6-4-12(5-7-13)3-2-9-16/h4-7,11,14H,8-10,16H2,1H3,(H,17,18). The third-order valence-electron chi connectivity index (χ3n) is 3.17. The van der Waals surface area contributed by atoms with E-state index in [4.69, 9.17) is 10.5 Å². The van der Waals surface area contributed by atoms with Gasteiger partial charge in [-0.1, -0.05) is 11.8 Å². The van der Waals surface area contributed by atoms with Crippen molar-refractivity contribution in [2.45, 2.75) is 25.5 Å². The summed E-state index contributed by atoms with van der Waals surface area (Å²) >= 11 is 0. The minimum absolute atomic E-state index is 0.0688. The number of carbonyl (C=O) groups is 1. The number of amides is 1. The van der Waals surface area contributed by atoms with Gasteiger partial charge in [-0.15, -0.1) is 0 Å². The Morgan fingerprint density at radius 1 is 1.47 bits per heavy atom. The lowest BCUT2D eigenvalue weighted by Gasteiger charge is -2.15. The molecule has 2 unspecified atom stereocenters. The third-order valence-corrected chi connectivity index (χ3v) is 3.17. The summed E-state index contributed by atoms with van der Waals surface area (Å²) in [6.45, 7) is 3.02. The van der Waals surface area contributed by atoms with Gasteiger partial charge in [0.05, 0.1) is 18.7 Å². The Morgan fingerprint density at radius 2 is 2.21 bits per heavy atom. The highest BCUT2D eigenvalue weighted by Gasteiger charge is 2.25. The van der Waals surface area contributed by atoms with Crippen molar-refractivity contribution >= 4 is 5.91 Å². The summed E-state index contributed by atoms with van der Waals surface area (Å²) in [4.78, 5) is 12.0. The minimum atomic E-state index is -0.0688. The monoisotopic (exact) mass is 258 g/mol. The van der Waals surface area contributed by atoms with E-state index < -0.39 is 0 Å². The molecule has 1 aliphatic heterocycles. The average molecular weight is 258 g/mol. The van der Waals surface area contributed by atoms with Crippen LogP contribution in [-0.2, 0) is 4.74 Å². The lowest BCUT2D eigenvalue weighted by molar-refractivity contribution is 0.0866. The smallest absolute Gasteiger partial charge is 0.251 e. The fourth-order valence-electron chi connectivity index (χ4n) is 2.03. The van der Waals surface area contributed by atoms with E-state index in [0.717, 1.165) is 12.0 Å². The number of nitrogens with one attached hydrogen (secondary N) is 1. The van der Waals surface area contributed by atoms with Crippen LogP contribution in [0.2, 0.25) is 0 Å². The Kier molecular flexibility index (Phi) is 4.56. The van der Waals surface area contributed by atoms with Crippen molar-refractivity contribution in [3.63, 3.8) is 0 Å². The number of hydrogen-bond donors (Lipinski definition) is 2. The first kappa shape index (κ1) is 13.6. The molecule has 4 heteroatoms. The van der Waals surface area contributed by atoms with E-state index >= 15 is 0 Å². The van der Waals surface area contributed by atoms with Gasteiger partial charge in [0.15, 0.2) is 0 Å². The van der Waals surface area contributed by atoms with Crippen molar-refractivity contribution in [3.8, 4) is 11.8 Å². The summed E-state index contributed by atoms with van der Waals surface area (Å²) < 4.78 is 5.42. The van der Waals surface area contributed by atoms with Crippen molar-refractivity contribution < 1.29 is 9.53 Å². The number of carbonyl (C=O) groups excluding carboxylic acids is 1. The van der Waals surface area contributed by atoms with E-state index in [1.165, 1.54) is 0 Å². The fourth-order valence-corrected chi connectivity index (χ4v) is 2.03. The Hall–Kier alpha value is -1.83. The number of rotatable bonds is 2. The molecule has 1 aliphatic rings. The van der Waals surface area contributed by atoms with Crippen LogP contribution in [0.1, 0.15) is 29.3 Å². The van der Waals surface area contributed by atoms with Crippen LogP contribution in [0.25, 0.3) is 0 Å². The van der Waals surface area contributed by atoms with Gasteiger partial charge >= 0.3 is 0 Å². The highest BCUT2D eigenvalue weighted by molar-refractivity contribution is 5.94. The van der Waals surface area contributed by atoms with Gasteiger partial charge < -0.3 is 15.8 Å². The molecule has 2 rings (SSSR count). The topological polar surface area (TPSA) is 64.3 Å². The largest absolute Gasteiger partial charge is 0.376 e. The average Bonchev–Trinajstić information content (AvgIpc) is 2.82. The third kappa shape index (κ3) is 3.57. The van der Waals surface area contributed by atoms with E-state index in [0.29, 0.717) is 18.7 Å². The van der Waals surface area contributed by atoms with E-state index in [-0.39, 0.29) is 18.1 Å². The van der Waals surface area contributed by atoms with Crippen molar-refractivity contribution in [1.29, 1.82) is 0 Å². The van der Waals surface area contributed by atoms with Gasteiger partial charge in [-0.05, 0) is 37.6 Å². The predicted octanol–water partition coefficient (Wildman–Crippen LogP) is 0.904. The molecule has 4 nitrogen and oxygen atoms in total. The predicted molar refractivity (Wildman–Crippen MR) is 73.7 cm³/mol. The van der Waals surface area contributed by atoms with E-state index in [9.17, 15) is 4.79 Å². The molecule has 0 spiro atoms. The zero-order valence-corrected chi connectivity index (χ0v) is 11.0. The van der Waals surface area contributed by atoms with Crippen LogP contribution < -0.4 is 11.1 Å². The minimum Gasteiger partial charge on any atom is -0.376 e. The lowest BCUT2D eigenvalue weighted by atomic mass is 10.1. The molecule has 0 aromatic heterocycles. The van der Waals surface area contributed by atoms with Crippen LogP contribution in [-0.4, -0.2) is 31.2 Å². The van der Waals surface area contributed by atoms with Crippen molar-refractivity contribution in [3.05, 3.63) is 35.4 Å². The molecule has 2 atom stereocenters. The first-order valence-corrected chi connectivity index (χ1v) is 6.42. The van der Waals surface area contributed by atoms with E-state index in [1.54, 1.807) is 12.1 Å². The van der Waals surface area contributed by atoms with Crippen LogP contribution in [0.4, 0.5) is 0 Å². The van der Waals surface area contributed by atoms with Gasteiger partial charge in [0.25, 0.3) is 5.91 Å². The maximum Gasteiger partial charge on any atom is 0.251 e. The second-order valence-electron chi connectivity index (χ2n) is 4.53. The van der Waals surface area contributed by atoms with E-state index in [1.807, 2.05) is 19.1 Å². The summed E-state index contributed by atoms with van der Waals surface area (Å²) in [6, 6.07) is 7.30. The maximum atomic E-state index is 12.0. The number of nitrogens with two attached hydrogens (primary N) is 1. The molecule has 1 amide bonds. The molecule has 100 valence electrons. The molecule has 1 heterocycles. The molecule has 0 radical (unpaired) electrons. The van der Waals surface area contributed by atoms with Crippen LogP contribution in [0, 0.1) is 11.8 Å². The molecule has 0 aliphatic carbocycles. The summed E-state index contributed by atoms with van der Waals surface area (Å²) in [5.41, 5.74) is 6.81. The van der Waals surface area contributed by atoms with Crippen LogP contribution >= 0.6 is 0 Å². The van der Waals surface area contributed by atoms with Crippen LogP contribution in [0.3, 0.4) is 0 Å². The Labute approximate surface area is 113 Å². The Bertz CT molecular complexity index is 499. The van der Waals surface area contributed by atoms with E-state index in [2.05, 4.69) is 17.2 Å². The van der Waals surface area contributed by atoms with Gasteiger partial charge in [-0.25, -0.2) is 0 Å². The molecule has 1 saturated heterocycles. The molecule has 1 aromatic carbocycles. The first-order valence-electron chi connectivity index (χ1n) is 6.42. The number of hydrogen-bond acceptors (Lipinski definition) is 3. The Balaban J connectivity index is 1.99. The van der Waals surface area contributed by atoms with Gasteiger partial charge in [0.1, 0.15) is 0 Å². The SMILES string of the molecule is CC1OCCC1NC(=O)c1ccc(C#CCN)cc1. The summed E-state index contributed by atoms with van der Waals surface area (Å²) in [7, 11) is 0. The van der Waals surface area contributed by atoms with Crippen molar-refractivity contribution in [2.24, 2.45) is 5.73 Å².